The van der Waals surface area contributed by atoms with E-state index in [4.69, 9.17) is 9.47 Å². The summed E-state index contributed by atoms with van der Waals surface area (Å²) in [7, 11) is 0. The zero-order valence-electron chi connectivity index (χ0n) is 23.1. The number of alkyl halides is 3. The van der Waals surface area contributed by atoms with E-state index in [1.165, 1.54) is 40.9 Å². The summed E-state index contributed by atoms with van der Waals surface area (Å²) in [5, 5.41) is 2.65. The van der Waals surface area contributed by atoms with Gasteiger partial charge < -0.3 is 24.4 Å². The van der Waals surface area contributed by atoms with Crippen molar-refractivity contribution in [3.63, 3.8) is 0 Å². The van der Waals surface area contributed by atoms with Gasteiger partial charge in [0.05, 0.1) is 12.2 Å². The Balaban J connectivity index is 1.62. The molecule has 2 aromatic carbocycles. The third-order valence-electron chi connectivity index (χ3n) is 6.54. The van der Waals surface area contributed by atoms with Crippen LogP contribution in [0.1, 0.15) is 56.0 Å². The minimum absolute atomic E-state index is 0.0111. The summed E-state index contributed by atoms with van der Waals surface area (Å²) in [5.41, 5.74) is 0.705. The fourth-order valence-corrected chi connectivity index (χ4v) is 5.65. The number of rotatable bonds is 7. The maximum Gasteiger partial charge on any atom is 0.573 e. The Bertz CT molecular complexity index is 1260. The summed E-state index contributed by atoms with van der Waals surface area (Å²) in [6, 6.07) is 9.46. The lowest BCUT2D eigenvalue weighted by Gasteiger charge is -2.27. The highest BCUT2D eigenvalue weighted by Crippen LogP contribution is 2.37. The zero-order valence-corrected chi connectivity index (χ0v) is 23.9. The van der Waals surface area contributed by atoms with Crippen molar-refractivity contribution in [3.8, 4) is 5.75 Å². The van der Waals surface area contributed by atoms with E-state index in [1.807, 2.05) is 0 Å². The number of hydrogen-bond donors (Lipinski definition) is 1. The van der Waals surface area contributed by atoms with Crippen LogP contribution < -0.4 is 15.0 Å². The number of ether oxygens (including phenoxy) is 3. The van der Waals surface area contributed by atoms with Gasteiger partial charge in [0, 0.05) is 35.8 Å². The highest BCUT2D eigenvalue weighted by molar-refractivity contribution is 7.99. The number of halogens is 3. The van der Waals surface area contributed by atoms with E-state index < -0.39 is 30.0 Å². The summed E-state index contributed by atoms with van der Waals surface area (Å²) in [4.78, 5) is 41.7. The molecule has 2 heterocycles. The predicted molar refractivity (Wildman–Crippen MR) is 147 cm³/mol. The van der Waals surface area contributed by atoms with Crippen LogP contribution in [0.3, 0.4) is 0 Å². The lowest BCUT2D eigenvalue weighted by Crippen LogP contribution is -2.50. The van der Waals surface area contributed by atoms with Crippen molar-refractivity contribution in [2.75, 3.05) is 23.9 Å². The molecule has 1 saturated heterocycles. The molecule has 0 unspecified atom stereocenters. The van der Waals surface area contributed by atoms with Gasteiger partial charge in [-0.2, -0.15) is 0 Å². The smallest absolute Gasteiger partial charge is 0.444 e. The molecule has 2 aliphatic heterocycles. The molecule has 41 heavy (non-hydrogen) atoms. The minimum atomic E-state index is -4.83. The van der Waals surface area contributed by atoms with Crippen molar-refractivity contribution in [3.05, 3.63) is 53.6 Å². The topological polar surface area (TPSA) is 94.2 Å². The molecule has 8 nitrogen and oxygen atoms in total. The second-order valence-corrected chi connectivity index (χ2v) is 12.1. The van der Waals surface area contributed by atoms with Gasteiger partial charge in [-0.15, -0.1) is 24.9 Å². The van der Waals surface area contributed by atoms with Crippen LogP contribution in [0.15, 0.2) is 47.4 Å². The van der Waals surface area contributed by atoms with E-state index in [2.05, 4.69) is 10.1 Å². The largest absolute Gasteiger partial charge is 0.573 e. The van der Waals surface area contributed by atoms with Crippen LogP contribution in [0.2, 0.25) is 0 Å². The third-order valence-corrected chi connectivity index (χ3v) is 7.70. The van der Waals surface area contributed by atoms with Crippen LogP contribution in [-0.4, -0.2) is 54.8 Å². The second-order valence-electron chi connectivity index (χ2n) is 11.0. The molecule has 1 N–H and O–H groups in total. The van der Waals surface area contributed by atoms with Crippen LogP contribution >= 0.6 is 11.8 Å². The highest BCUT2D eigenvalue weighted by Gasteiger charge is 2.34. The second kappa shape index (κ2) is 12.7. The Morgan fingerprint density at radius 1 is 1.07 bits per heavy atom. The van der Waals surface area contributed by atoms with Gasteiger partial charge in [0.15, 0.2) is 5.78 Å². The summed E-state index contributed by atoms with van der Waals surface area (Å²) < 4.78 is 52.6. The van der Waals surface area contributed by atoms with E-state index in [0.717, 1.165) is 17.7 Å². The lowest BCUT2D eigenvalue weighted by atomic mass is 9.92. The van der Waals surface area contributed by atoms with Gasteiger partial charge in [-0.3, -0.25) is 9.59 Å². The lowest BCUT2D eigenvalue weighted by molar-refractivity contribution is -0.274. The summed E-state index contributed by atoms with van der Waals surface area (Å²) in [6.45, 7) is 6.37. The number of alkyl carbamates (subject to hydrolysis) is 1. The van der Waals surface area contributed by atoms with E-state index in [0.29, 0.717) is 36.4 Å². The summed E-state index contributed by atoms with van der Waals surface area (Å²) in [5.74, 6) is -0.424. The van der Waals surface area contributed by atoms with Gasteiger partial charge in [0.25, 0.3) is 5.91 Å². The fraction of sp³-hybridized carbons (Fsp3) is 0.483. The van der Waals surface area contributed by atoms with Gasteiger partial charge in [-0.05, 0) is 69.4 Å². The van der Waals surface area contributed by atoms with Gasteiger partial charge in [-0.25, -0.2) is 4.79 Å². The van der Waals surface area contributed by atoms with Crippen LogP contribution in [-0.2, 0) is 20.8 Å². The third kappa shape index (κ3) is 8.87. The highest BCUT2D eigenvalue weighted by atomic mass is 32.2. The maximum atomic E-state index is 13.8. The predicted octanol–water partition coefficient (Wildman–Crippen LogP) is 6.12. The first-order chi connectivity index (χ1) is 19.3. The molecule has 2 aromatic rings. The number of carbonyl (C=O) groups is 3. The molecule has 0 aromatic heterocycles. The van der Waals surface area contributed by atoms with Crippen molar-refractivity contribution in [1.82, 2.24) is 5.32 Å². The molecular weight excluding hydrogens is 561 g/mol. The Kier molecular flexibility index (Phi) is 9.53. The van der Waals surface area contributed by atoms with Crippen molar-refractivity contribution in [2.24, 2.45) is 5.92 Å². The first kappa shape index (κ1) is 30.7. The first-order valence-corrected chi connectivity index (χ1v) is 14.3. The number of hydrogen-bond acceptors (Lipinski definition) is 7. The Morgan fingerprint density at radius 3 is 2.39 bits per heavy atom. The quantitative estimate of drug-likeness (QED) is 0.386. The van der Waals surface area contributed by atoms with Crippen molar-refractivity contribution in [1.29, 1.82) is 0 Å². The number of carbonyl (C=O) groups excluding carboxylic acids is 3. The first-order valence-electron chi connectivity index (χ1n) is 13.3. The van der Waals surface area contributed by atoms with Crippen LogP contribution in [0.25, 0.3) is 0 Å². The molecule has 0 saturated carbocycles. The number of anilines is 1. The van der Waals surface area contributed by atoms with Gasteiger partial charge in [0.1, 0.15) is 17.4 Å². The standard InChI is InChI=1S/C29H33F3N2O6S/c1-28(2,3)40-27(37)33-22-17-41-25-9-6-20(24(35)14-18-10-12-38-13-11-18)15-23(25)34(26(22)36)16-19-4-7-21(8-5-19)39-29(30,31)32/h4-9,15,18,22H,10-14,16-17H2,1-3H3,(H,33,37)/t22-/m0/s1. The van der Waals surface area contributed by atoms with Crippen molar-refractivity contribution >= 4 is 35.2 Å². The molecular formula is C29H33F3N2O6S. The van der Waals surface area contributed by atoms with Gasteiger partial charge in [-0.1, -0.05) is 18.2 Å². The maximum absolute atomic E-state index is 13.8. The summed E-state index contributed by atoms with van der Waals surface area (Å²) >= 11 is 1.35. The van der Waals surface area contributed by atoms with Gasteiger partial charge >= 0.3 is 12.5 Å². The molecule has 222 valence electrons. The summed E-state index contributed by atoms with van der Waals surface area (Å²) in [6.07, 6.45) is -3.59. The molecule has 1 fully saturated rings. The number of nitrogens with one attached hydrogen (secondary N) is 1. The molecule has 0 spiro atoms. The fourth-order valence-electron chi connectivity index (χ4n) is 4.60. The molecule has 1 atom stereocenters. The molecule has 0 bridgehead atoms. The number of amides is 2. The van der Waals surface area contributed by atoms with E-state index in [9.17, 15) is 27.6 Å². The average Bonchev–Trinajstić information content (AvgIpc) is 3.00. The molecule has 2 amide bonds. The van der Waals surface area contributed by atoms with Crippen LogP contribution in [0, 0.1) is 5.92 Å². The number of ketones is 1. The van der Waals surface area contributed by atoms with Crippen molar-refractivity contribution < 1.29 is 41.8 Å². The number of thioether (sulfide) groups is 1. The van der Waals surface area contributed by atoms with Crippen LogP contribution in [0.5, 0.6) is 5.75 Å². The molecule has 4 rings (SSSR count). The minimum Gasteiger partial charge on any atom is -0.444 e. The number of benzene rings is 2. The normalized spacial score (nSPS) is 18.3. The van der Waals surface area contributed by atoms with Crippen molar-refractivity contribution in [2.45, 2.75) is 69.5 Å². The molecule has 0 radical (unpaired) electrons. The van der Waals surface area contributed by atoms with Gasteiger partial charge in [0.2, 0.25) is 0 Å². The Labute approximate surface area is 240 Å². The monoisotopic (exact) mass is 594 g/mol. The van der Waals surface area contributed by atoms with E-state index in [1.54, 1.807) is 39.0 Å². The number of fused-ring (bicyclic) bond motifs is 1. The number of Topliss-reactive ketones (excluding diaryl/α,β-unsaturated/α-hetero) is 1. The average molecular weight is 595 g/mol. The SMILES string of the molecule is CC(C)(C)OC(=O)N[C@H]1CSc2ccc(C(=O)CC3CCOCC3)cc2N(Cc2ccc(OC(F)(F)F)cc2)C1=O. The number of nitrogens with zero attached hydrogens (tertiary/aromatic N) is 1. The molecule has 12 heteroatoms. The molecule has 2 aliphatic rings. The Morgan fingerprint density at radius 2 is 1.76 bits per heavy atom. The zero-order chi connectivity index (χ0) is 29.8. The van der Waals surface area contributed by atoms with Crippen LogP contribution in [0.4, 0.5) is 23.7 Å². The van der Waals surface area contributed by atoms with E-state index >= 15 is 0 Å². The Hall–Kier alpha value is -3.25. The van der Waals surface area contributed by atoms with E-state index in [-0.39, 0.29) is 29.7 Å². The molecule has 0 aliphatic carbocycles.